The first-order chi connectivity index (χ1) is 9.31. The first-order valence-corrected chi connectivity index (χ1v) is 6.45. The predicted octanol–water partition coefficient (Wildman–Crippen LogP) is 1.54. The van der Waals surface area contributed by atoms with Crippen molar-refractivity contribution >= 4 is 0 Å². The monoisotopic (exact) mass is 268 g/mol. The lowest BCUT2D eigenvalue weighted by Crippen LogP contribution is -2.16. The molecule has 0 aromatic heterocycles. The van der Waals surface area contributed by atoms with E-state index in [-0.39, 0.29) is 6.61 Å². The summed E-state index contributed by atoms with van der Waals surface area (Å²) < 4.78 is 21.2. The van der Waals surface area contributed by atoms with Crippen LogP contribution >= 0.6 is 0 Å². The molecule has 0 bridgehead atoms. The maximum absolute atomic E-state index is 10.0. The van der Waals surface area contributed by atoms with E-state index in [0.29, 0.717) is 32.2 Å². The largest absolute Gasteiger partial charge is 0.486 e. The normalized spacial score (nSPS) is 15.3. The third kappa shape index (κ3) is 4.09. The SMILES string of the molecule is COCCCOCC(O)c1ccc2c(c1)OCCO2. The van der Waals surface area contributed by atoms with Crippen molar-refractivity contribution in [2.24, 2.45) is 0 Å². The number of aliphatic hydroxyl groups excluding tert-OH is 1. The molecule has 1 unspecified atom stereocenters. The zero-order valence-corrected chi connectivity index (χ0v) is 11.1. The first kappa shape index (κ1) is 14.1. The standard InChI is InChI=1S/C14H20O5/c1-16-5-2-6-17-10-12(15)11-3-4-13-14(9-11)19-8-7-18-13/h3-4,9,12,15H,2,5-8,10H2,1H3. The third-order valence-corrected chi connectivity index (χ3v) is 2.86. The molecule has 0 spiro atoms. The number of aliphatic hydroxyl groups is 1. The molecule has 5 nitrogen and oxygen atoms in total. The average molecular weight is 268 g/mol. The lowest BCUT2D eigenvalue weighted by molar-refractivity contribution is 0.0277. The summed E-state index contributed by atoms with van der Waals surface area (Å²) in [5.41, 5.74) is 0.774. The molecule has 2 rings (SSSR count). The number of benzene rings is 1. The van der Waals surface area contributed by atoms with E-state index < -0.39 is 6.10 Å². The molecule has 0 radical (unpaired) electrons. The van der Waals surface area contributed by atoms with Crippen molar-refractivity contribution in [1.29, 1.82) is 0 Å². The van der Waals surface area contributed by atoms with Crippen molar-refractivity contribution in [2.75, 3.05) is 40.1 Å². The van der Waals surface area contributed by atoms with Crippen LogP contribution in [0.25, 0.3) is 0 Å². The van der Waals surface area contributed by atoms with Crippen LogP contribution in [0.4, 0.5) is 0 Å². The van der Waals surface area contributed by atoms with E-state index in [2.05, 4.69) is 0 Å². The molecule has 1 aromatic carbocycles. The molecule has 0 saturated carbocycles. The van der Waals surface area contributed by atoms with Gasteiger partial charge in [-0.1, -0.05) is 6.07 Å². The van der Waals surface area contributed by atoms with Gasteiger partial charge >= 0.3 is 0 Å². The second-order valence-corrected chi connectivity index (χ2v) is 4.34. The number of ether oxygens (including phenoxy) is 4. The van der Waals surface area contributed by atoms with E-state index in [4.69, 9.17) is 18.9 Å². The molecule has 0 aliphatic carbocycles. The Labute approximate surface area is 113 Å². The van der Waals surface area contributed by atoms with Gasteiger partial charge in [-0.3, -0.25) is 0 Å². The Balaban J connectivity index is 1.83. The fourth-order valence-corrected chi connectivity index (χ4v) is 1.86. The van der Waals surface area contributed by atoms with Crippen LogP contribution in [-0.2, 0) is 9.47 Å². The molecule has 1 aliphatic heterocycles. The van der Waals surface area contributed by atoms with E-state index >= 15 is 0 Å². The third-order valence-electron chi connectivity index (χ3n) is 2.86. The van der Waals surface area contributed by atoms with E-state index in [0.717, 1.165) is 17.7 Å². The summed E-state index contributed by atoms with van der Waals surface area (Å²) in [5, 5.41) is 10.0. The predicted molar refractivity (Wildman–Crippen MR) is 69.7 cm³/mol. The van der Waals surface area contributed by atoms with Crippen molar-refractivity contribution in [3.8, 4) is 11.5 Å². The van der Waals surface area contributed by atoms with Crippen molar-refractivity contribution in [2.45, 2.75) is 12.5 Å². The Bertz CT molecular complexity index is 393. The molecule has 1 heterocycles. The minimum absolute atomic E-state index is 0.267. The lowest BCUT2D eigenvalue weighted by Gasteiger charge is -2.20. The summed E-state index contributed by atoms with van der Waals surface area (Å²) in [6, 6.07) is 5.45. The summed E-state index contributed by atoms with van der Waals surface area (Å²) in [6.07, 6.45) is 0.169. The molecule has 5 heteroatoms. The fraction of sp³-hybridized carbons (Fsp3) is 0.571. The molecule has 1 N–H and O–H groups in total. The number of rotatable bonds is 7. The number of hydrogen-bond donors (Lipinski definition) is 1. The molecular formula is C14H20O5. The van der Waals surface area contributed by atoms with Crippen LogP contribution in [0, 0.1) is 0 Å². The Morgan fingerprint density at radius 3 is 2.79 bits per heavy atom. The maximum Gasteiger partial charge on any atom is 0.161 e. The van der Waals surface area contributed by atoms with E-state index in [1.54, 1.807) is 13.2 Å². The molecular weight excluding hydrogens is 248 g/mol. The summed E-state index contributed by atoms with van der Waals surface area (Å²) in [4.78, 5) is 0. The molecule has 106 valence electrons. The van der Waals surface area contributed by atoms with Gasteiger partial charge in [-0.15, -0.1) is 0 Å². The zero-order chi connectivity index (χ0) is 13.5. The maximum atomic E-state index is 10.0. The second-order valence-electron chi connectivity index (χ2n) is 4.34. The van der Waals surface area contributed by atoms with Crippen molar-refractivity contribution in [1.82, 2.24) is 0 Å². The topological polar surface area (TPSA) is 57.2 Å². The highest BCUT2D eigenvalue weighted by atomic mass is 16.6. The van der Waals surface area contributed by atoms with Crippen LogP contribution in [0.3, 0.4) is 0 Å². The highest BCUT2D eigenvalue weighted by Crippen LogP contribution is 2.32. The van der Waals surface area contributed by atoms with Gasteiger partial charge in [0, 0.05) is 20.3 Å². The quantitative estimate of drug-likeness (QED) is 0.760. The summed E-state index contributed by atoms with van der Waals surface area (Å²) >= 11 is 0. The van der Waals surface area contributed by atoms with Gasteiger partial charge < -0.3 is 24.1 Å². The molecule has 1 aliphatic rings. The molecule has 0 saturated heterocycles. The number of methoxy groups -OCH3 is 1. The molecule has 1 aromatic rings. The van der Waals surface area contributed by atoms with Crippen molar-refractivity contribution in [3.05, 3.63) is 23.8 Å². The smallest absolute Gasteiger partial charge is 0.161 e. The Morgan fingerprint density at radius 1 is 1.21 bits per heavy atom. The van der Waals surface area contributed by atoms with Crippen molar-refractivity contribution < 1.29 is 24.1 Å². The van der Waals surface area contributed by atoms with Crippen LogP contribution in [0.5, 0.6) is 11.5 Å². The van der Waals surface area contributed by atoms with Gasteiger partial charge in [0.05, 0.1) is 6.61 Å². The minimum atomic E-state index is -0.654. The highest BCUT2D eigenvalue weighted by Gasteiger charge is 2.15. The van der Waals surface area contributed by atoms with Gasteiger partial charge in [-0.05, 0) is 24.1 Å². The summed E-state index contributed by atoms with van der Waals surface area (Å²) in [6.45, 7) is 2.62. The minimum Gasteiger partial charge on any atom is -0.486 e. The lowest BCUT2D eigenvalue weighted by atomic mass is 10.1. The van der Waals surface area contributed by atoms with Gasteiger partial charge in [-0.25, -0.2) is 0 Å². The Morgan fingerprint density at radius 2 is 2.00 bits per heavy atom. The Hall–Kier alpha value is -1.30. The van der Waals surface area contributed by atoms with E-state index in [9.17, 15) is 5.11 Å². The molecule has 0 fully saturated rings. The van der Waals surface area contributed by atoms with Crippen LogP contribution in [-0.4, -0.2) is 45.3 Å². The van der Waals surface area contributed by atoms with Gasteiger partial charge in [0.25, 0.3) is 0 Å². The number of hydrogen-bond acceptors (Lipinski definition) is 5. The van der Waals surface area contributed by atoms with Crippen LogP contribution in [0.1, 0.15) is 18.1 Å². The van der Waals surface area contributed by atoms with E-state index in [1.165, 1.54) is 0 Å². The fourth-order valence-electron chi connectivity index (χ4n) is 1.86. The van der Waals surface area contributed by atoms with Gasteiger partial charge in [0.2, 0.25) is 0 Å². The van der Waals surface area contributed by atoms with E-state index in [1.807, 2.05) is 12.1 Å². The van der Waals surface area contributed by atoms with Crippen LogP contribution < -0.4 is 9.47 Å². The molecule has 1 atom stereocenters. The molecule has 19 heavy (non-hydrogen) atoms. The zero-order valence-electron chi connectivity index (χ0n) is 11.1. The van der Waals surface area contributed by atoms with Gasteiger partial charge in [0.1, 0.15) is 19.3 Å². The first-order valence-electron chi connectivity index (χ1n) is 6.45. The van der Waals surface area contributed by atoms with Crippen LogP contribution in [0.15, 0.2) is 18.2 Å². The Kier molecular flexibility index (Phi) is 5.44. The summed E-state index contributed by atoms with van der Waals surface area (Å²) in [5.74, 6) is 1.41. The van der Waals surface area contributed by atoms with Crippen LogP contribution in [0.2, 0.25) is 0 Å². The highest BCUT2D eigenvalue weighted by molar-refractivity contribution is 5.44. The van der Waals surface area contributed by atoms with Gasteiger partial charge in [-0.2, -0.15) is 0 Å². The molecule has 0 amide bonds. The van der Waals surface area contributed by atoms with Gasteiger partial charge in [0.15, 0.2) is 11.5 Å². The summed E-state index contributed by atoms with van der Waals surface area (Å²) in [7, 11) is 1.66. The average Bonchev–Trinajstić information content (AvgIpc) is 2.46. The second kappa shape index (κ2) is 7.33. The number of fused-ring (bicyclic) bond motifs is 1. The van der Waals surface area contributed by atoms with Crippen molar-refractivity contribution in [3.63, 3.8) is 0 Å².